The number of rotatable bonds is 3. The summed E-state index contributed by atoms with van der Waals surface area (Å²) in [6.07, 6.45) is 1.39. The Labute approximate surface area is 54.6 Å². The molecule has 3 heteroatoms. The number of carboxylic acid groups (broad SMARTS) is 1. The molecule has 0 bridgehead atoms. The van der Waals surface area contributed by atoms with E-state index in [4.69, 9.17) is 5.11 Å². The maximum atomic E-state index is 10.3. The summed E-state index contributed by atoms with van der Waals surface area (Å²) >= 11 is 0. The summed E-state index contributed by atoms with van der Waals surface area (Å²) in [5.74, 6) is -0.866. The number of hydrogen-bond donors (Lipinski definition) is 1. The van der Waals surface area contributed by atoms with Crippen LogP contribution in [0.4, 0.5) is 0 Å². The molecule has 0 rings (SSSR count). The molecule has 0 aromatic heterocycles. The first-order chi connectivity index (χ1) is 4.09. The van der Waals surface area contributed by atoms with Gasteiger partial charge < -0.3 is 5.11 Å². The first-order valence-corrected chi connectivity index (χ1v) is 2.61. The van der Waals surface area contributed by atoms with Crippen LogP contribution < -0.4 is 0 Å². The van der Waals surface area contributed by atoms with Crippen molar-refractivity contribution < 1.29 is 9.90 Å². The average molecular weight is 129 g/mol. The second kappa shape index (κ2) is 3.25. The fraction of sp³-hybridized carbons (Fsp3) is 0.500. The number of aliphatic carboxylic acids is 1. The molecule has 3 nitrogen and oxygen atoms in total. The predicted molar refractivity (Wildman–Crippen MR) is 35.3 cm³/mol. The normalized spacial score (nSPS) is 13.2. The third kappa shape index (κ3) is 2.28. The van der Waals surface area contributed by atoms with Crippen molar-refractivity contribution in [1.82, 2.24) is 4.90 Å². The first kappa shape index (κ1) is 8.17. The van der Waals surface area contributed by atoms with Crippen LogP contribution in [-0.2, 0) is 4.79 Å². The summed E-state index contributed by atoms with van der Waals surface area (Å²) in [7, 11) is 3.39. The predicted octanol–water partition coefficient (Wildman–Crippen LogP) is 0.187. The molecule has 1 unspecified atom stereocenters. The molecule has 1 atom stereocenters. The molecule has 0 aliphatic carbocycles. The van der Waals surface area contributed by atoms with Gasteiger partial charge >= 0.3 is 5.97 Å². The highest BCUT2D eigenvalue weighted by atomic mass is 16.4. The summed E-state index contributed by atoms with van der Waals surface area (Å²) in [6, 6.07) is -0.565. The molecule has 0 radical (unpaired) electrons. The van der Waals surface area contributed by atoms with Crippen LogP contribution in [0.3, 0.4) is 0 Å². The third-order valence-electron chi connectivity index (χ3n) is 1.03. The quantitative estimate of drug-likeness (QED) is 0.553. The van der Waals surface area contributed by atoms with E-state index in [-0.39, 0.29) is 0 Å². The van der Waals surface area contributed by atoms with Crippen molar-refractivity contribution in [3.63, 3.8) is 0 Å². The minimum absolute atomic E-state index is 0.565. The fourth-order valence-corrected chi connectivity index (χ4v) is 0.533. The lowest BCUT2D eigenvalue weighted by atomic mass is 10.3. The lowest BCUT2D eigenvalue weighted by Gasteiger charge is -2.14. The van der Waals surface area contributed by atoms with Crippen molar-refractivity contribution in [1.29, 1.82) is 0 Å². The summed E-state index contributed by atoms with van der Waals surface area (Å²) in [5, 5.41) is 8.43. The molecule has 0 aliphatic rings. The van der Waals surface area contributed by atoms with Gasteiger partial charge in [-0.3, -0.25) is 9.69 Å². The summed E-state index contributed by atoms with van der Waals surface area (Å²) in [4.78, 5) is 11.8. The summed E-state index contributed by atoms with van der Waals surface area (Å²) in [5.41, 5.74) is 0. The van der Waals surface area contributed by atoms with Crippen LogP contribution in [0.2, 0.25) is 0 Å². The number of carbonyl (C=O) groups is 1. The van der Waals surface area contributed by atoms with Crippen molar-refractivity contribution in [3.05, 3.63) is 12.7 Å². The molecule has 52 valence electrons. The second-order valence-electron chi connectivity index (χ2n) is 1.98. The second-order valence-corrected chi connectivity index (χ2v) is 1.98. The van der Waals surface area contributed by atoms with Gasteiger partial charge in [0, 0.05) is 0 Å². The van der Waals surface area contributed by atoms with E-state index in [1.807, 2.05) is 0 Å². The third-order valence-corrected chi connectivity index (χ3v) is 1.03. The van der Waals surface area contributed by atoms with Gasteiger partial charge in [0.15, 0.2) is 0 Å². The zero-order chi connectivity index (χ0) is 7.44. The van der Waals surface area contributed by atoms with E-state index in [9.17, 15) is 4.79 Å². The van der Waals surface area contributed by atoms with E-state index in [1.54, 1.807) is 19.0 Å². The lowest BCUT2D eigenvalue weighted by molar-refractivity contribution is -0.140. The smallest absolute Gasteiger partial charge is 0.324 e. The highest BCUT2D eigenvalue weighted by Crippen LogP contribution is 1.92. The number of carboxylic acids is 1. The zero-order valence-electron chi connectivity index (χ0n) is 5.66. The molecule has 0 amide bonds. The van der Waals surface area contributed by atoms with Crippen LogP contribution in [0.5, 0.6) is 0 Å². The van der Waals surface area contributed by atoms with E-state index in [0.717, 1.165) is 0 Å². The minimum atomic E-state index is -0.866. The number of likely N-dealkylation sites (N-methyl/N-ethyl adjacent to an activating group) is 1. The molecule has 0 aliphatic heterocycles. The molecular formula is C6H11NO2. The Kier molecular flexibility index (Phi) is 2.95. The molecule has 0 aromatic carbocycles. The van der Waals surface area contributed by atoms with Crippen LogP contribution in [0.25, 0.3) is 0 Å². The molecule has 0 heterocycles. The Morgan fingerprint density at radius 1 is 1.78 bits per heavy atom. The van der Waals surface area contributed by atoms with Crippen LogP contribution in [0, 0.1) is 0 Å². The Balaban J connectivity index is 3.98. The molecule has 0 fully saturated rings. The van der Waals surface area contributed by atoms with Crippen molar-refractivity contribution >= 4 is 5.97 Å². The van der Waals surface area contributed by atoms with Crippen LogP contribution in [-0.4, -0.2) is 36.1 Å². The minimum Gasteiger partial charge on any atom is -0.480 e. The molecule has 0 aromatic rings. The Morgan fingerprint density at radius 3 is 2.22 bits per heavy atom. The van der Waals surface area contributed by atoms with Crippen molar-refractivity contribution in [2.45, 2.75) is 6.04 Å². The Morgan fingerprint density at radius 2 is 2.22 bits per heavy atom. The van der Waals surface area contributed by atoms with Gasteiger partial charge in [-0.1, -0.05) is 6.08 Å². The van der Waals surface area contributed by atoms with Gasteiger partial charge in [0.05, 0.1) is 0 Å². The largest absolute Gasteiger partial charge is 0.480 e. The van der Waals surface area contributed by atoms with Gasteiger partial charge in [-0.25, -0.2) is 0 Å². The highest BCUT2D eigenvalue weighted by molar-refractivity contribution is 5.75. The molecule has 0 spiro atoms. The maximum absolute atomic E-state index is 10.3. The van der Waals surface area contributed by atoms with Gasteiger partial charge in [0.1, 0.15) is 6.04 Å². The van der Waals surface area contributed by atoms with Crippen molar-refractivity contribution in [2.24, 2.45) is 0 Å². The molecule has 0 saturated heterocycles. The van der Waals surface area contributed by atoms with Gasteiger partial charge in [-0.05, 0) is 14.1 Å². The topological polar surface area (TPSA) is 40.5 Å². The van der Waals surface area contributed by atoms with E-state index in [1.165, 1.54) is 6.08 Å². The molecule has 0 saturated carbocycles. The SMILES string of the molecule is C=CC(C(=O)O)N(C)C. The van der Waals surface area contributed by atoms with Gasteiger partial charge in [0.2, 0.25) is 0 Å². The van der Waals surface area contributed by atoms with Crippen LogP contribution in [0.15, 0.2) is 12.7 Å². The Bertz CT molecular complexity index is 120. The fourth-order valence-electron chi connectivity index (χ4n) is 0.533. The van der Waals surface area contributed by atoms with Crippen LogP contribution >= 0.6 is 0 Å². The van der Waals surface area contributed by atoms with E-state index in [0.29, 0.717) is 0 Å². The number of hydrogen-bond acceptors (Lipinski definition) is 2. The monoisotopic (exact) mass is 129 g/mol. The zero-order valence-corrected chi connectivity index (χ0v) is 5.66. The standard InChI is InChI=1S/C6H11NO2/c1-4-5(6(8)9)7(2)3/h4-5H,1H2,2-3H3,(H,8,9). The molecular weight excluding hydrogens is 118 g/mol. The van der Waals surface area contributed by atoms with E-state index >= 15 is 0 Å². The Hall–Kier alpha value is -0.830. The lowest BCUT2D eigenvalue weighted by Crippen LogP contribution is -2.33. The first-order valence-electron chi connectivity index (χ1n) is 2.61. The van der Waals surface area contributed by atoms with Gasteiger partial charge in [0.25, 0.3) is 0 Å². The average Bonchev–Trinajstić information content (AvgIpc) is 1.64. The highest BCUT2D eigenvalue weighted by Gasteiger charge is 2.13. The van der Waals surface area contributed by atoms with Gasteiger partial charge in [-0.2, -0.15) is 0 Å². The van der Waals surface area contributed by atoms with Crippen molar-refractivity contribution in [3.8, 4) is 0 Å². The summed E-state index contributed by atoms with van der Waals surface area (Å²) in [6.45, 7) is 3.38. The maximum Gasteiger partial charge on any atom is 0.324 e. The van der Waals surface area contributed by atoms with E-state index < -0.39 is 12.0 Å². The van der Waals surface area contributed by atoms with Crippen LogP contribution in [0.1, 0.15) is 0 Å². The van der Waals surface area contributed by atoms with Crippen molar-refractivity contribution in [2.75, 3.05) is 14.1 Å². The van der Waals surface area contributed by atoms with Gasteiger partial charge in [-0.15, -0.1) is 6.58 Å². The summed E-state index contributed by atoms with van der Waals surface area (Å²) < 4.78 is 0. The number of nitrogens with zero attached hydrogens (tertiary/aromatic N) is 1. The molecule has 1 N–H and O–H groups in total. The molecule has 9 heavy (non-hydrogen) atoms. The van der Waals surface area contributed by atoms with E-state index in [2.05, 4.69) is 6.58 Å².